The molecule has 1 aromatic rings. The van der Waals surface area contributed by atoms with E-state index in [1.807, 2.05) is 6.08 Å². The zero-order chi connectivity index (χ0) is 14.5. The highest BCUT2D eigenvalue weighted by atomic mass is 19.4. The number of fused-ring (bicyclic) bond motifs is 3. The minimum Gasteiger partial charge on any atom is -0.548 e. The largest absolute Gasteiger partial charge is 0.548 e. The van der Waals surface area contributed by atoms with Gasteiger partial charge in [-0.1, -0.05) is 24.3 Å². The lowest BCUT2D eigenvalue weighted by atomic mass is 9.78. The number of carbonyl (C=O) groups excluding carboxylic acids is 1. The van der Waals surface area contributed by atoms with Crippen LogP contribution >= 0.6 is 0 Å². The molecule has 3 nitrogen and oxygen atoms in total. The molecule has 106 valence electrons. The number of hydrogen-bond donors (Lipinski definition) is 1. The third-order valence-electron chi connectivity index (χ3n) is 3.96. The van der Waals surface area contributed by atoms with Crippen LogP contribution in [-0.4, -0.2) is 12.0 Å². The van der Waals surface area contributed by atoms with Gasteiger partial charge < -0.3 is 15.2 Å². The van der Waals surface area contributed by atoms with Crippen LogP contribution in [-0.2, 0) is 11.0 Å². The molecule has 0 amide bonds. The number of carboxylic acid groups (broad SMARTS) is 1. The second kappa shape index (κ2) is 4.26. The highest BCUT2D eigenvalue weighted by Gasteiger charge is 2.42. The van der Waals surface area contributed by atoms with Crippen molar-refractivity contribution in [2.45, 2.75) is 24.6 Å². The Labute approximate surface area is 113 Å². The predicted octanol–water partition coefficient (Wildman–Crippen LogP) is 1.91. The van der Waals surface area contributed by atoms with E-state index in [9.17, 15) is 23.1 Å². The number of carboxylic acids is 1. The Morgan fingerprint density at radius 3 is 2.75 bits per heavy atom. The smallest absolute Gasteiger partial charge is 0.418 e. The van der Waals surface area contributed by atoms with Gasteiger partial charge in [0.15, 0.2) is 0 Å². The van der Waals surface area contributed by atoms with Gasteiger partial charge in [-0.05, 0) is 24.0 Å². The maximum absolute atomic E-state index is 13.0. The molecule has 0 saturated heterocycles. The normalized spacial score (nSPS) is 27.6. The first kappa shape index (κ1) is 13.0. The zero-order valence-corrected chi connectivity index (χ0v) is 10.3. The van der Waals surface area contributed by atoms with Crippen molar-refractivity contribution in [3.8, 4) is 0 Å². The summed E-state index contributed by atoms with van der Waals surface area (Å²) in [5, 5.41) is 13.7. The van der Waals surface area contributed by atoms with Gasteiger partial charge in [0.1, 0.15) is 0 Å². The van der Waals surface area contributed by atoms with Crippen LogP contribution in [0.4, 0.5) is 18.9 Å². The molecular weight excluding hydrogens is 271 g/mol. The quantitative estimate of drug-likeness (QED) is 0.800. The van der Waals surface area contributed by atoms with Crippen molar-refractivity contribution in [2.75, 3.05) is 5.32 Å². The van der Waals surface area contributed by atoms with Gasteiger partial charge in [-0.2, -0.15) is 13.2 Å². The van der Waals surface area contributed by atoms with Gasteiger partial charge in [0.05, 0.1) is 23.3 Å². The van der Waals surface area contributed by atoms with Crippen molar-refractivity contribution in [3.63, 3.8) is 0 Å². The van der Waals surface area contributed by atoms with Gasteiger partial charge in [0.2, 0.25) is 0 Å². The number of aliphatic carboxylic acids is 1. The molecule has 0 saturated carbocycles. The monoisotopic (exact) mass is 282 g/mol. The summed E-state index contributed by atoms with van der Waals surface area (Å²) in [7, 11) is 0. The third-order valence-corrected chi connectivity index (χ3v) is 3.96. The summed E-state index contributed by atoms with van der Waals surface area (Å²) in [5.41, 5.74) is -0.474. The standard InChI is InChI=1S/C14H12F3NO2/c15-14(16,17)10-6-2-5-8-7-3-1-4-9(7)12(13(19)20)18-11(8)10/h1-3,5-7,9,12,18H,4H2,(H,19,20)/p-1/t7-,9+,12-/m1/s1. The molecule has 1 aliphatic heterocycles. The Hall–Kier alpha value is -1.98. The molecule has 6 heteroatoms. The molecule has 3 atom stereocenters. The van der Waals surface area contributed by atoms with E-state index in [2.05, 4.69) is 5.32 Å². The first-order valence-corrected chi connectivity index (χ1v) is 6.24. The van der Waals surface area contributed by atoms with Crippen LogP contribution < -0.4 is 10.4 Å². The van der Waals surface area contributed by atoms with Crippen LogP contribution in [0.5, 0.6) is 0 Å². The minimum atomic E-state index is -4.52. The second-order valence-corrected chi connectivity index (χ2v) is 5.06. The highest BCUT2D eigenvalue weighted by molar-refractivity contribution is 5.80. The molecule has 20 heavy (non-hydrogen) atoms. The van der Waals surface area contributed by atoms with Crippen LogP contribution in [0.2, 0.25) is 0 Å². The van der Waals surface area contributed by atoms with E-state index < -0.39 is 23.8 Å². The Morgan fingerprint density at radius 1 is 1.35 bits per heavy atom. The zero-order valence-electron chi connectivity index (χ0n) is 10.3. The minimum absolute atomic E-state index is 0.137. The molecular formula is C14H11F3NO2-. The number of alkyl halides is 3. The Kier molecular flexibility index (Phi) is 2.77. The molecule has 0 radical (unpaired) electrons. The van der Waals surface area contributed by atoms with Crippen molar-refractivity contribution < 1.29 is 23.1 Å². The summed E-state index contributed by atoms with van der Waals surface area (Å²) in [4.78, 5) is 11.2. The van der Waals surface area contributed by atoms with Gasteiger partial charge in [0, 0.05) is 5.92 Å². The van der Waals surface area contributed by atoms with Gasteiger partial charge in [0.25, 0.3) is 0 Å². The summed E-state index contributed by atoms with van der Waals surface area (Å²) in [5.74, 6) is -1.97. The van der Waals surface area contributed by atoms with Crippen molar-refractivity contribution in [1.82, 2.24) is 0 Å². The van der Waals surface area contributed by atoms with Crippen LogP contribution in [0.15, 0.2) is 30.4 Å². The highest BCUT2D eigenvalue weighted by Crippen LogP contribution is 2.48. The molecule has 1 aliphatic carbocycles. The van der Waals surface area contributed by atoms with E-state index in [4.69, 9.17) is 0 Å². The fraction of sp³-hybridized carbons (Fsp3) is 0.357. The van der Waals surface area contributed by atoms with Crippen LogP contribution in [0, 0.1) is 5.92 Å². The number of benzene rings is 1. The fourth-order valence-electron chi connectivity index (χ4n) is 3.09. The summed E-state index contributed by atoms with van der Waals surface area (Å²) < 4.78 is 39.1. The van der Waals surface area contributed by atoms with E-state index in [1.165, 1.54) is 6.07 Å². The number of para-hydroxylation sites is 1. The van der Waals surface area contributed by atoms with Crippen molar-refractivity contribution in [3.05, 3.63) is 41.5 Å². The first-order valence-electron chi connectivity index (χ1n) is 6.24. The lowest BCUT2D eigenvalue weighted by molar-refractivity contribution is -0.308. The lowest BCUT2D eigenvalue weighted by Gasteiger charge is -2.38. The van der Waals surface area contributed by atoms with E-state index in [1.54, 1.807) is 12.1 Å². The summed E-state index contributed by atoms with van der Waals surface area (Å²) >= 11 is 0. The molecule has 0 fully saturated rings. The Balaban J connectivity index is 2.15. The average Bonchev–Trinajstić information content (AvgIpc) is 2.84. The average molecular weight is 282 g/mol. The maximum Gasteiger partial charge on any atom is 0.418 e. The second-order valence-electron chi connectivity index (χ2n) is 5.06. The number of nitrogens with one attached hydrogen (secondary N) is 1. The van der Waals surface area contributed by atoms with E-state index in [0.717, 1.165) is 6.07 Å². The molecule has 2 aliphatic rings. The third kappa shape index (κ3) is 1.87. The van der Waals surface area contributed by atoms with Gasteiger partial charge in [-0.15, -0.1) is 0 Å². The Morgan fingerprint density at radius 2 is 2.10 bits per heavy atom. The molecule has 0 bridgehead atoms. The van der Waals surface area contributed by atoms with Crippen LogP contribution in [0.3, 0.4) is 0 Å². The molecule has 0 unspecified atom stereocenters. The number of rotatable bonds is 1. The number of allylic oxidation sites excluding steroid dienone is 2. The summed E-state index contributed by atoms with van der Waals surface area (Å²) in [6.07, 6.45) is -0.418. The Bertz CT molecular complexity index is 595. The van der Waals surface area contributed by atoms with Gasteiger partial charge in [-0.25, -0.2) is 0 Å². The number of anilines is 1. The van der Waals surface area contributed by atoms with Crippen molar-refractivity contribution >= 4 is 11.7 Å². The summed E-state index contributed by atoms with van der Waals surface area (Å²) in [6.45, 7) is 0. The fourth-order valence-corrected chi connectivity index (χ4v) is 3.09. The van der Waals surface area contributed by atoms with Crippen LogP contribution in [0.25, 0.3) is 0 Å². The number of halogens is 3. The van der Waals surface area contributed by atoms with Crippen molar-refractivity contribution in [2.24, 2.45) is 5.92 Å². The predicted molar refractivity (Wildman–Crippen MR) is 63.8 cm³/mol. The lowest BCUT2D eigenvalue weighted by Crippen LogP contribution is -2.49. The number of carbonyl (C=O) groups is 1. The van der Waals surface area contributed by atoms with E-state index in [0.29, 0.717) is 12.0 Å². The SMILES string of the molecule is O=C([O-])[C@@H]1Nc2c(cccc2C(F)(F)F)[C@H]2C=CC[C@@H]21. The maximum atomic E-state index is 13.0. The summed E-state index contributed by atoms with van der Waals surface area (Å²) in [6, 6.07) is 2.81. The molecule has 0 spiro atoms. The van der Waals surface area contributed by atoms with Gasteiger partial charge >= 0.3 is 6.18 Å². The molecule has 1 aromatic carbocycles. The molecule has 0 aromatic heterocycles. The van der Waals surface area contributed by atoms with Crippen LogP contribution in [0.1, 0.15) is 23.5 Å². The van der Waals surface area contributed by atoms with Crippen molar-refractivity contribution in [1.29, 1.82) is 0 Å². The molecule has 3 rings (SSSR count). The molecule has 1 heterocycles. The van der Waals surface area contributed by atoms with Gasteiger partial charge in [-0.3, -0.25) is 0 Å². The van der Waals surface area contributed by atoms with E-state index in [-0.39, 0.29) is 17.5 Å². The molecule has 1 N–H and O–H groups in total. The number of hydrogen-bond acceptors (Lipinski definition) is 3. The van der Waals surface area contributed by atoms with E-state index >= 15 is 0 Å². The first-order chi connectivity index (χ1) is 9.39. The topological polar surface area (TPSA) is 52.2 Å².